The highest BCUT2D eigenvalue weighted by atomic mass is 16.5. The van der Waals surface area contributed by atoms with E-state index in [-0.39, 0.29) is 23.6 Å². The average molecular weight is 479 g/mol. The van der Waals surface area contributed by atoms with Gasteiger partial charge >= 0.3 is 0 Å². The van der Waals surface area contributed by atoms with Crippen LogP contribution in [0.1, 0.15) is 27.4 Å². The summed E-state index contributed by atoms with van der Waals surface area (Å²) in [6, 6.07) is 17.4. The largest absolute Gasteiger partial charge is 0.494 e. The number of ether oxygens (including phenoxy) is 2. The van der Waals surface area contributed by atoms with Crippen molar-refractivity contribution in [2.75, 3.05) is 14.2 Å². The van der Waals surface area contributed by atoms with Crippen LogP contribution in [0, 0.1) is 0 Å². The van der Waals surface area contributed by atoms with Crippen molar-refractivity contribution in [1.29, 1.82) is 0 Å². The van der Waals surface area contributed by atoms with Crippen LogP contribution >= 0.6 is 0 Å². The molecule has 2 aromatic carbocycles. The number of hydrogen-bond acceptors (Lipinski definition) is 6. The van der Waals surface area contributed by atoms with Crippen LogP contribution in [-0.2, 0) is 4.74 Å². The van der Waals surface area contributed by atoms with Crippen molar-refractivity contribution in [2.45, 2.75) is 12.5 Å². The molecule has 0 unspecified atom stereocenters. The number of aromatic amines is 2. The number of pyridine rings is 2. The van der Waals surface area contributed by atoms with Gasteiger partial charge in [-0.15, -0.1) is 0 Å². The Labute approximate surface area is 205 Å². The first-order chi connectivity index (χ1) is 17.6. The van der Waals surface area contributed by atoms with Gasteiger partial charge in [0, 0.05) is 46.9 Å². The van der Waals surface area contributed by atoms with Gasteiger partial charge in [0.05, 0.1) is 29.7 Å². The van der Waals surface area contributed by atoms with Crippen molar-refractivity contribution in [3.8, 4) is 5.75 Å². The van der Waals surface area contributed by atoms with E-state index in [4.69, 9.17) is 9.47 Å². The molecule has 0 aliphatic rings. The predicted octanol–water partition coefficient (Wildman–Crippen LogP) is 5.22. The second kappa shape index (κ2) is 8.58. The molecular formula is C28H22N4O4. The van der Waals surface area contributed by atoms with Crippen molar-refractivity contribution in [1.82, 2.24) is 19.9 Å². The number of carbonyl (C=O) groups excluding carboxylic acids is 2. The zero-order valence-electron chi connectivity index (χ0n) is 19.7. The summed E-state index contributed by atoms with van der Waals surface area (Å²) in [5.74, 6) is -0.138. The minimum absolute atomic E-state index is 0.174. The zero-order valence-corrected chi connectivity index (χ0v) is 19.7. The molecule has 4 heterocycles. The molecule has 2 N–H and O–H groups in total. The van der Waals surface area contributed by atoms with E-state index >= 15 is 0 Å². The number of Topliss-reactive ketones (excluding diaryl/α,β-unsaturated/α-hetero) is 2. The molecule has 8 heteroatoms. The number of methoxy groups -OCH3 is 2. The molecule has 1 atom stereocenters. The Morgan fingerprint density at radius 2 is 1.53 bits per heavy atom. The van der Waals surface area contributed by atoms with E-state index in [1.807, 2.05) is 54.6 Å². The zero-order chi connectivity index (χ0) is 24.8. The van der Waals surface area contributed by atoms with E-state index in [0.29, 0.717) is 16.8 Å². The second-order valence-electron chi connectivity index (χ2n) is 8.56. The lowest BCUT2D eigenvalue weighted by Crippen LogP contribution is -2.27. The Morgan fingerprint density at radius 1 is 0.833 bits per heavy atom. The lowest BCUT2D eigenvalue weighted by Gasteiger charge is -2.14. The van der Waals surface area contributed by atoms with Crippen molar-refractivity contribution in [3.05, 3.63) is 78.4 Å². The summed E-state index contributed by atoms with van der Waals surface area (Å²) < 4.78 is 11.0. The number of fused-ring (bicyclic) bond motifs is 6. The Morgan fingerprint density at radius 3 is 2.28 bits per heavy atom. The maximum atomic E-state index is 13.6. The third-order valence-electron chi connectivity index (χ3n) is 6.59. The summed E-state index contributed by atoms with van der Waals surface area (Å²) >= 11 is 0. The number of para-hydroxylation sites is 2. The lowest BCUT2D eigenvalue weighted by atomic mass is 10.0. The van der Waals surface area contributed by atoms with Crippen LogP contribution in [0.2, 0.25) is 0 Å². The molecule has 0 spiro atoms. The number of hydrogen-bond donors (Lipinski definition) is 2. The van der Waals surface area contributed by atoms with Crippen molar-refractivity contribution < 1.29 is 19.1 Å². The Bertz CT molecular complexity index is 1800. The number of H-pyrrole nitrogens is 2. The summed E-state index contributed by atoms with van der Waals surface area (Å²) in [5, 5.41) is 3.59. The Hall–Kier alpha value is -4.56. The topological polar surface area (TPSA) is 110 Å². The van der Waals surface area contributed by atoms with Gasteiger partial charge in [0.2, 0.25) is 5.78 Å². The highest BCUT2D eigenvalue weighted by Crippen LogP contribution is 2.35. The summed E-state index contributed by atoms with van der Waals surface area (Å²) in [5.41, 5.74) is 3.43. The summed E-state index contributed by atoms with van der Waals surface area (Å²) in [6.45, 7) is 0. The first-order valence-electron chi connectivity index (χ1n) is 11.5. The molecule has 0 amide bonds. The smallest absolute Gasteiger partial charge is 0.212 e. The van der Waals surface area contributed by atoms with Crippen LogP contribution in [0.4, 0.5) is 0 Å². The molecule has 178 valence electrons. The highest BCUT2D eigenvalue weighted by Gasteiger charge is 2.29. The van der Waals surface area contributed by atoms with Gasteiger partial charge in [0.25, 0.3) is 0 Å². The third kappa shape index (κ3) is 3.34. The van der Waals surface area contributed by atoms with Crippen molar-refractivity contribution in [2.24, 2.45) is 0 Å². The first-order valence-corrected chi connectivity index (χ1v) is 11.5. The van der Waals surface area contributed by atoms with Gasteiger partial charge in [-0.3, -0.25) is 14.6 Å². The van der Waals surface area contributed by atoms with Gasteiger partial charge in [-0.1, -0.05) is 36.4 Å². The first kappa shape index (κ1) is 21.9. The predicted molar refractivity (Wildman–Crippen MR) is 138 cm³/mol. The van der Waals surface area contributed by atoms with E-state index in [1.165, 1.54) is 13.3 Å². The molecule has 0 saturated carbocycles. The van der Waals surface area contributed by atoms with Gasteiger partial charge < -0.3 is 19.4 Å². The van der Waals surface area contributed by atoms with Gasteiger partial charge in [-0.05, 0) is 18.2 Å². The normalized spacial score (nSPS) is 12.5. The molecule has 0 fully saturated rings. The number of nitrogens with one attached hydrogen (secondary N) is 2. The molecule has 36 heavy (non-hydrogen) atoms. The van der Waals surface area contributed by atoms with E-state index in [0.717, 1.165) is 32.6 Å². The van der Waals surface area contributed by atoms with Crippen LogP contribution < -0.4 is 4.74 Å². The fraction of sp³-hybridized carbons (Fsp3) is 0.143. The van der Waals surface area contributed by atoms with Crippen molar-refractivity contribution in [3.63, 3.8) is 0 Å². The Kier molecular flexibility index (Phi) is 5.23. The molecule has 4 aromatic heterocycles. The van der Waals surface area contributed by atoms with Gasteiger partial charge in [0.1, 0.15) is 23.2 Å². The van der Waals surface area contributed by atoms with E-state index in [1.54, 1.807) is 13.3 Å². The van der Waals surface area contributed by atoms with Crippen molar-refractivity contribution >= 4 is 55.2 Å². The highest BCUT2D eigenvalue weighted by molar-refractivity contribution is 6.19. The molecular weight excluding hydrogens is 456 g/mol. The number of benzene rings is 2. The molecule has 0 saturated heterocycles. The molecule has 6 rings (SSSR count). The van der Waals surface area contributed by atoms with E-state index in [9.17, 15) is 9.59 Å². The van der Waals surface area contributed by atoms with E-state index < -0.39 is 11.9 Å². The number of nitrogens with zero attached hydrogens (tertiary/aromatic N) is 2. The average Bonchev–Trinajstić information content (AvgIpc) is 3.49. The quantitative estimate of drug-likeness (QED) is 0.304. The van der Waals surface area contributed by atoms with Crippen LogP contribution in [0.3, 0.4) is 0 Å². The Balaban J connectivity index is 1.38. The number of carbonyl (C=O) groups is 2. The molecule has 0 radical (unpaired) electrons. The third-order valence-corrected chi connectivity index (χ3v) is 6.59. The van der Waals surface area contributed by atoms with E-state index in [2.05, 4.69) is 19.9 Å². The maximum Gasteiger partial charge on any atom is 0.212 e. The SMILES string of the molecule is COc1cnc(C(=O)[C@H](CC(=O)c2nccc3c2[nH]c2ccccc23)OC)c2[nH]c3ccccc3c12. The monoisotopic (exact) mass is 478 g/mol. The van der Waals surface area contributed by atoms with Crippen LogP contribution in [-0.4, -0.2) is 51.8 Å². The lowest BCUT2D eigenvalue weighted by molar-refractivity contribution is 0.0541. The van der Waals surface area contributed by atoms with Gasteiger partial charge in [-0.25, -0.2) is 4.98 Å². The molecule has 0 aliphatic heterocycles. The number of rotatable bonds is 7. The van der Waals surface area contributed by atoms with Crippen LogP contribution in [0.5, 0.6) is 5.75 Å². The van der Waals surface area contributed by atoms with Gasteiger partial charge in [0.15, 0.2) is 5.78 Å². The minimum Gasteiger partial charge on any atom is -0.494 e. The maximum absolute atomic E-state index is 13.6. The summed E-state index contributed by atoms with van der Waals surface area (Å²) in [6.07, 6.45) is 1.93. The molecule has 6 aromatic rings. The fourth-order valence-corrected chi connectivity index (χ4v) is 4.86. The summed E-state index contributed by atoms with van der Waals surface area (Å²) in [4.78, 5) is 42.3. The molecule has 0 bridgehead atoms. The van der Waals surface area contributed by atoms with Gasteiger partial charge in [-0.2, -0.15) is 0 Å². The molecule has 8 nitrogen and oxygen atoms in total. The number of aromatic nitrogens is 4. The minimum atomic E-state index is -1.03. The fourth-order valence-electron chi connectivity index (χ4n) is 4.86. The number of ketones is 2. The summed E-state index contributed by atoms with van der Waals surface area (Å²) in [7, 11) is 2.98. The molecule has 0 aliphatic carbocycles. The van der Waals surface area contributed by atoms with Crippen LogP contribution in [0.25, 0.3) is 43.6 Å². The second-order valence-corrected chi connectivity index (χ2v) is 8.56. The van der Waals surface area contributed by atoms with Crippen LogP contribution in [0.15, 0.2) is 67.0 Å². The standard InChI is InChI=1S/C28H22N4O4/c1-35-21(13-20(33)25-24-16(11-12-29-25)15-7-3-5-9-18(15)31-24)28(34)27-26-23(22(36-2)14-30-27)17-8-4-6-10-19(17)32-26/h3-12,14,21,31-32H,13H2,1-2H3/t21-/m0/s1.